The Morgan fingerprint density at radius 1 is 0.328 bits per heavy atom. The Hall–Kier alpha value is -8.75. The predicted molar refractivity (Wildman–Crippen MR) is 274 cm³/mol. The first-order chi connectivity index (χ1) is 32.9. The largest absolute Gasteiger partial charge is 0.306 e. The van der Waals surface area contributed by atoms with Crippen molar-refractivity contribution >= 4 is 65.7 Å². The Labute approximate surface area is 386 Å². The zero-order valence-corrected chi connectivity index (χ0v) is 37.4. The van der Waals surface area contributed by atoms with Crippen LogP contribution in [0.3, 0.4) is 0 Å². The van der Waals surface area contributed by atoms with Crippen molar-refractivity contribution in [3.8, 4) is 51.2 Å². The fourth-order valence-electron chi connectivity index (χ4n) is 10.5. The number of nitrogens with zero attached hydrogens (tertiary/aromatic N) is 8. The van der Waals surface area contributed by atoms with Gasteiger partial charge in [-0.1, -0.05) is 133 Å². The van der Waals surface area contributed by atoms with Crippen molar-refractivity contribution in [2.45, 2.75) is 27.7 Å². The molecule has 0 fully saturated rings. The molecule has 0 saturated heterocycles. The van der Waals surface area contributed by atoms with Gasteiger partial charge in [-0.25, -0.2) is 15.0 Å². The van der Waals surface area contributed by atoms with E-state index in [4.69, 9.17) is 24.9 Å². The van der Waals surface area contributed by atoms with Gasteiger partial charge in [-0.2, -0.15) is 0 Å². The molecular weight excluding hydrogens is 821 g/mol. The molecule has 0 amide bonds. The number of rotatable bonds is 6. The Kier molecular flexibility index (Phi) is 8.60. The monoisotopic (exact) mass is 862 g/mol. The topological polar surface area (TPSA) is 79.2 Å². The highest BCUT2D eigenvalue weighted by atomic mass is 15.1. The lowest BCUT2D eigenvalue weighted by Crippen LogP contribution is -2.11. The standard InChI is InChI=1S/C59H42N8/c1-35-17-11-25-42-43-26-12-18-36(2)53(43)66(52(35)42)48-33-41(59-63-57(39-21-7-5-8-22-39)62-58(64-59)40-23-9-6-10-24-40)34-49(56(48)65-46-29-15-31-60-50(46)51-47(65)30-16-32-61-51)67-54-37(3)19-13-27-44(54)45-28-14-20-38(4)55(45)67/h5-34H,1-4H3. The van der Waals surface area contributed by atoms with Crippen LogP contribution in [0.2, 0.25) is 0 Å². The molecule has 6 heterocycles. The lowest BCUT2D eigenvalue weighted by molar-refractivity contribution is 1.03. The van der Waals surface area contributed by atoms with Crippen LogP contribution in [0.1, 0.15) is 22.3 Å². The number of para-hydroxylation sites is 4. The van der Waals surface area contributed by atoms with Crippen molar-refractivity contribution < 1.29 is 0 Å². The molecule has 0 radical (unpaired) electrons. The maximum Gasteiger partial charge on any atom is 0.164 e. The summed E-state index contributed by atoms with van der Waals surface area (Å²) in [5.41, 5.74) is 18.3. The summed E-state index contributed by atoms with van der Waals surface area (Å²) in [4.78, 5) is 25.9. The van der Waals surface area contributed by atoms with Crippen LogP contribution < -0.4 is 0 Å². The van der Waals surface area contributed by atoms with E-state index in [9.17, 15) is 0 Å². The van der Waals surface area contributed by atoms with E-state index in [0.717, 1.165) is 100 Å². The molecule has 13 rings (SSSR count). The lowest BCUT2D eigenvalue weighted by Gasteiger charge is -2.24. The molecule has 13 aromatic rings. The predicted octanol–water partition coefficient (Wildman–Crippen LogP) is 14.2. The van der Waals surface area contributed by atoms with Crippen molar-refractivity contribution in [2.75, 3.05) is 0 Å². The van der Waals surface area contributed by atoms with E-state index in [1.807, 2.05) is 60.9 Å². The third-order valence-electron chi connectivity index (χ3n) is 13.4. The van der Waals surface area contributed by atoms with E-state index in [-0.39, 0.29) is 0 Å². The van der Waals surface area contributed by atoms with Crippen LogP contribution in [0.5, 0.6) is 0 Å². The summed E-state index contributed by atoms with van der Waals surface area (Å²) < 4.78 is 7.37. The first-order valence-electron chi connectivity index (χ1n) is 22.7. The lowest BCUT2D eigenvalue weighted by atomic mass is 10.1. The van der Waals surface area contributed by atoms with Crippen molar-refractivity contribution in [1.29, 1.82) is 0 Å². The molecule has 0 saturated carbocycles. The van der Waals surface area contributed by atoms with Gasteiger partial charge in [0.2, 0.25) is 0 Å². The average molecular weight is 863 g/mol. The molecule has 318 valence electrons. The van der Waals surface area contributed by atoms with Crippen LogP contribution in [-0.2, 0) is 0 Å². The average Bonchev–Trinajstić information content (AvgIpc) is 4.02. The maximum atomic E-state index is 5.39. The van der Waals surface area contributed by atoms with Gasteiger partial charge in [-0.3, -0.25) is 9.97 Å². The van der Waals surface area contributed by atoms with Crippen molar-refractivity contribution in [3.63, 3.8) is 0 Å². The fraction of sp³-hybridized carbons (Fsp3) is 0.0678. The van der Waals surface area contributed by atoms with E-state index in [1.165, 1.54) is 21.5 Å². The summed E-state index contributed by atoms with van der Waals surface area (Å²) in [5, 5.41) is 4.74. The van der Waals surface area contributed by atoms with Crippen molar-refractivity contribution in [3.05, 3.63) is 205 Å². The minimum Gasteiger partial charge on any atom is -0.306 e. The Balaban J connectivity index is 1.30. The second-order valence-corrected chi connectivity index (χ2v) is 17.5. The first kappa shape index (κ1) is 38.7. The summed E-state index contributed by atoms with van der Waals surface area (Å²) >= 11 is 0. The van der Waals surface area contributed by atoms with E-state index >= 15 is 0 Å². The minimum atomic E-state index is 0.565. The van der Waals surface area contributed by atoms with Gasteiger partial charge in [-0.15, -0.1) is 0 Å². The number of hydrogen-bond acceptors (Lipinski definition) is 5. The molecule has 0 atom stereocenters. The maximum absolute atomic E-state index is 5.39. The SMILES string of the molecule is Cc1cccc2c3cccc(C)c3n(-c3cc(-c4nc(-c5ccccc5)nc(-c5ccccc5)n4)cc(-n4c5c(C)cccc5c5cccc(C)c54)c3-n3c4cccnc4c4ncccc43)c12. The molecule has 0 N–H and O–H groups in total. The van der Waals surface area contributed by atoms with Crippen molar-refractivity contribution in [2.24, 2.45) is 0 Å². The van der Waals surface area contributed by atoms with E-state index < -0.39 is 0 Å². The second kappa shape index (κ2) is 14.9. The van der Waals surface area contributed by atoms with Gasteiger partial charge in [0.25, 0.3) is 0 Å². The molecule has 0 aliphatic heterocycles. The van der Waals surface area contributed by atoms with Gasteiger partial charge < -0.3 is 13.7 Å². The Morgan fingerprint density at radius 3 is 1.06 bits per heavy atom. The molecule has 6 aromatic heterocycles. The van der Waals surface area contributed by atoms with E-state index in [1.54, 1.807) is 0 Å². The Morgan fingerprint density at radius 2 is 0.687 bits per heavy atom. The molecule has 8 nitrogen and oxygen atoms in total. The first-order valence-corrected chi connectivity index (χ1v) is 22.7. The molecule has 67 heavy (non-hydrogen) atoms. The highest BCUT2D eigenvalue weighted by Crippen LogP contribution is 2.46. The number of hydrogen-bond donors (Lipinski definition) is 0. The highest BCUT2D eigenvalue weighted by molar-refractivity contribution is 6.14. The van der Waals surface area contributed by atoms with Crippen molar-refractivity contribution in [1.82, 2.24) is 38.6 Å². The molecule has 0 aliphatic carbocycles. The van der Waals surface area contributed by atoms with Crippen LogP contribution in [-0.4, -0.2) is 38.6 Å². The van der Waals surface area contributed by atoms with Gasteiger partial charge in [0, 0.05) is 50.6 Å². The molecular formula is C59H42N8. The van der Waals surface area contributed by atoms with Gasteiger partial charge in [0.1, 0.15) is 11.0 Å². The summed E-state index contributed by atoms with van der Waals surface area (Å²) in [7, 11) is 0. The molecule has 0 spiro atoms. The van der Waals surface area contributed by atoms with Crippen LogP contribution in [0.15, 0.2) is 182 Å². The quantitative estimate of drug-likeness (QED) is 0.166. The summed E-state index contributed by atoms with van der Waals surface area (Å²) in [6.45, 7) is 8.87. The third-order valence-corrected chi connectivity index (χ3v) is 13.4. The molecule has 0 unspecified atom stereocenters. The van der Waals surface area contributed by atoms with Gasteiger partial charge >= 0.3 is 0 Å². The number of aromatic nitrogens is 8. The van der Waals surface area contributed by atoms with E-state index in [2.05, 4.69) is 163 Å². The fourth-order valence-corrected chi connectivity index (χ4v) is 10.5. The zero-order valence-electron chi connectivity index (χ0n) is 37.4. The second-order valence-electron chi connectivity index (χ2n) is 17.5. The molecule has 7 aromatic carbocycles. The van der Waals surface area contributed by atoms with E-state index in [0.29, 0.717) is 17.5 Å². The minimum absolute atomic E-state index is 0.565. The van der Waals surface area contributed by atoms with Crippen LogP contribution in [0, 0.1) is 27.7 Å². The number of pyridine rings is 2. The highest BCUT2D eigenvalue weighted by Gasteiger charge is 2.29. The van der Waals surface area contributed by atoms with Gasteiger partial charge in [-0.05, 0) is 86.3 Å². The molecule has 0 bridgehead atoms. The number of aryl methyl sites for hydroxylation is 4. The van der Waals surface area contributed by atoms with Crippen LogP contribution >= 0.6 is 0 Å². The van der Waals surface area contributed by atoms with Gasteiger partial charge in [0.15, 0.2) is 17.5 Å². The normalized spacial score (nSPS) is 11.9. The number of benzene rings is 7. The van der Waals surface area contributed by atoms with Crippen LogP contribution in [0.25, 0.3) is 117 Å². The molecule has 8 heteroatoms. The van der Waals surface area contributed by atoms with Crippen LogP contribution in [0.4, 0.5) is 0 Å². The number of fused-ring (bicyclic) bond motifs is 9. The van der Waals surface area contributed by atoms with Gasteiger partial charge in [0.05, 0.1) is 50.2 Å². The third kappa shape index (κ3) is 5.82. The summed E-state index contributed by atoms with van der Waals surface area (Å²) in [6, 6.07) is 59.9. The summed E-state index contributed by atoms with van der Waals surface area (Å²) in [6.07, 6.45) is 3.72. The molecule has 0 aliphatic rings. The zero-order chi connectivity index (χ0) is 44.9. The summed E-state index contributed by atoms with van der Waals surface area (Å²) in [5.74, 6) is 1.77. The Bertz CT molecular complexity index is 3760. The smallest absolute Gasteiger partial charge is 0.164 e.